The molecular formula is C21H20BrF2N3O4. The van der Waals surface area contributed by atoms with E-state index in [0.717, 1.165) is 4.47 Å². The van der Waals surface area contributed by atoms with Crippen molar-refractivity contribution in [3.05, 3.63) is 63.1 Å². The van der Waals surface area contributed by atoms with Gasteiger partial charge in [-0.2, -0.15) is 8.78 Å². The van der Waals surface area contributed by atoms with Gasteiger partial charge in [0.05, 0.1) is 24.3 Å². The first-order valence-electron chi connectivity index (χ1n) is 9.40. The molecule has 164 valence electrons. The Morgan fingerprint density at radius 1 is 1.23 bits per heavy atom. The van der Waals surface area contributed by atoms with Gasteiger partial charge in [-0.05, 0) is 42.3 Å². The first-order chi connectivity index (χ1) is 14.9. The number of benzene rings is 2. The summed E-state index contributed by atoms with van der Waals surface area (Å²) in [6.45, 7) is -2.47. The summed E-state index contributed by atoms with van der Waals surface area (Å²) in [5, 5.41) is 3.22. The summed E-state index contributed by atoms with van der Waals surface area (Å²) < 4.78 is 36.7. The number of methoxy groups -OCH3 is 1. The zero-order valence-electron chi connectivity index (χ0n) is 16.6. The number of hydrogen-bond acceptors (Lipinski definition) is 5. The minimum Gasteiger partial charge on any atom is -0.493 e. The molecule has 1 amide bonds. The van der Waals surface area contributed by atoms with Crippen molar-refractivity contribution in [2.45, 2.75) is 26.0 Å². The number of amides is 1. The Morgan fingerprint density at radius 3 is 2.77 bits per heavy atom. The van der Waals surface area contributed by atoms with E-state index in [1.165, 1.54) is 30.1 Å². The number of carbonyl (C=O) groups is 1. The predicted octanol–water partition coefficient (Wildman–Crippen LogP) is 3.52. The third-order valence-corrected chi connectivity index (χ3v) is 5.04. The molecule has 0 saturated heterocycles. The van der Waals surface area contributed by atoms with Crippen molar-refractivity contribution in [3.63, 3.8) is 0 Å². The summed E-state index contributed by atoms with van der Waals surface area (Å²) in [7, 11) is 1.36. The van der Waals surface area contributed by atoms with Gasteiger partial charge in [-0.1, -0.05) is 22.0 Å². The normalized spacial score (nSPS) is 11.0. The van der Waals surface area contributed by atoms with Gasteiger partial charge in [0.1, 0.15) is 0 Å². The van der Waals surface area contributed by atoms with Gasteiger partial charge in [0.25, 0.3) is 5.56 Å². The van der Waals surface area contributed by atoms with Crippen LogP contribution in [0.25, 0.3) is 10.9 Å². The van der Waals surface area contributed by atoms with E-state index in [1.807, 2.05) is 0 Å². The van der Waals surface area contributed by atoms with Crippen LogP contribution in [0, 0.1) is 0 Å². The molecule has 0 bridgehead atoms. The molecule has 0 spiro atoms. The number of nitrogens with zero attached hydrogens (tertiary/aromatic N) is 2. The van der Waals surface area contributed by atoms with Gasteiger partial charge >= 0.3 is 6.61 Å². The van der Waals surface area contributed by atoms with E-state index >= 15 is 0 Å². The van der Waals surface area contributed by atoms with E-state index in [4.69, 9.17) is 4.74 Å². The van der Waals surface area contributed by atoms with E-state index in [0.29, 0.717) is 29.4 Å². The van der Waals surface area contributed by atoms with Crippen LogP contribution in [0.3, 0.4) is 0 Å². The van der Waals surface area contributed by atoms with Crippen molar-refractivity contribution in [1.29, 1.82) is 0 Å². The number of nitrogens with one attached hydrogen (secondary N) is 1. The highest BCUT2D eigenvalue weighted by atomic mass is 79.9. The Hall–Kier alpha value is -3.01. The molecule has 7 nitrogen and oxygen atoms in total. The molecule has 10 heteroatoms. The Kier molecular flexibility index (Phi) is 7.56. The topological polar surface area (TPSA) is 82.5 Å². The molecule has 2 aromatic carbocycles. The average Bonchev–Trinajstić information content (AvgIpc) is 2.73. The maximum atomic E-state index is 12.5. The van der Waals surface area contributed by atoms with E-state index in [-0.39, 0.29) is 35.9 Å². The summed E-state index contributed by atoms with van der Waals surface area (Å²) in [6.07, 6.45) is 1.94. The van der Waals surface area contributed by atoms with Crippen LogP contribution in [-0.4, -0.2) is 35.7 Å². The minimum atomic E-state index is -2.96. The van der Waals surface area contributed by atoms with Crippen LogP contribution in [0.1, 0.15) is 12.0 Å². The van der Waals surface area contributed by atoms with Gasteiger partial charge < -0.3 is 14.8 Å². The number of rotatable bonds is 9. The molecule has 0 aliphatic carbocycles. The minimum absolute atomic E-state index is 0.0591. The molecule has 0 saturated carbocycles. The molecule has 0 aliphatic heterocycles. The fourth-order valence-electron chi connectivity index (χ4n) is 3.01. The number of ether oxygens (including phenoxy) is 2. The van der Waals surface area contributed by atoms with Crippen molar-refractivity contribution < 1.29 is 23.0 Å². The van der Waals surface area contributed by atoms with Gasteiger partial charge in [0.2, 0.25) is 5.91 Å². The van der Waals surface area contributed by atoms with Crippen LogP contribution >= 0.6 is 15.9 Å². The third-order valence-electron chi connectivity index (χ3n) is 4.55. The first kappa shape index (κ1) is 22.7. The maximum Gasteiger partial charge on any atom is 0.387 e. The lowest BCUT2D eigenvalue weighted by Gasteiger charge is -2.12. The van der Waals surface area contributed by atoms with Crippen LogP contribution in [-0.2, 0) is 17.8 Å². The van der Waals surface area contributed by atoms with Crippen LogP contribution in [0.2, 0.25) is 0 Å². The van der Waals surface area contributed by atoms with Gasteiger partial charge in [-0.3, -0.25) is 14.2 Å². The Labute approximate surface area is 185 Å². The molecule has 3 rings (SSSR count). The lowest BCUT2D eigenvalue weighted by molar-refractivity contribution is -0.121. The summed E-state index contributed by atoms with van der Waals surface area (Å²) in [5.74, 6) is -0.0931. The van der Waals surface area contributed by atoms with Crippen LogP contribution in [0.4, 0.5) is 8.78 Å². The first-order valence-corrected chi connectivity index (χ1v) is 10.2. The molecule has 3 aromatic rings. The number of halogens is 3. The molecule has 0 fully saturated rings. The van der Waals surface area contributed by atoms with Crippen molar-refractivity contribution in [2.75, 3.05) is 13.7 Å². The number of aryl methyl sites for hydroxylation is 1. The Bertz CT molecular complexity index is 1140. The van der Waals surface area contributed by atoms with Crippen LogP contribution < -0.4 is 20.3 Å². The van der Waals surface area contributed by atoms with Crippen molar-refractivity contribution >= 4 is 32.7 Å². The fourth-order valence-corrected chi connectivity index (χ4v) is 3.37. The summed E-state index contributed by atoms with van der Waals surface area (Å²) in [6, 6.07) is 9.94. The summed E-state index contributed by atoms with van der Waals surface area (Å²) in [4.78, 5) is 28.9. The van der Waals surface area contributed by atoms with E-state index in [1.54, 1.807) is 24.3 Å². The monoisotopic (exact) mass is 495 g/mol. The SMILES string of the molecule is COc1ccc(CCNC(=O)CCn2cnc3ccc(Br)cc3c2=O)cc1OC(F)F. The van der Waals surface area contributed by atoms with E-state index < -0.39 is 6.61 Å². The highest BCUT2D eigenvalue weighted by molar-refractivity contribution is 9.10. The standard InChI is InChI=1S/C21H20BrF2N3O4/c1-30-17-5-2-13(10-18(17)31-21(23)24)6-8-25-19(28)7-9-27-12-26-16-4-3-14(22)11-15(16)20(27)29/h2-5,10-12,21H,6-9H2,1H3,(H,25,28). The predicted molar refractivity (Wildman–Crippen MR) is 115 cm³/mol. The fraction of sp³-hybridized carbons (Fsp3) is 0.286. The smallest absolute Gasteiger partial charge is 0.387 e. The second-order valence-electron chi connectivity index (χ2n) is 6.62. The average molecular weight is 496 g/mol. The second kappa shape index (κ2) is 10.3. The van der Waals surface area contributed by atoms with E-state index in [9.17, 15) is 18.4 Å². The van der Waals surface area contributed by atoms with Gasteiger partial charge in [0, 0.05) is 24.0 Å². The summed E-state index contributed by atoms with van der Waals surface area (Å²) in [5.41, 5.74) is 1.07. The highest BCUT2D eigenvalue weighted by Gasteiger charge is 2.12. The Morgan fingerprint density at radius 2 is 2.03 bits per heavy atom. The van der Waals surface area contributed by atoms with Gasteiger partial charge in [-0.15, -0.1) is 0 Å². The van der Waals surface area contributed by atoms with Crippen molar-refractivity contribution in [1.82, 2.24) is 14.9 Å². The lowest BCUT2D eigenvalue weighted by atomic mass is 10.1. The quantitative estimate of drug-likeness (QED) is 0.491. The third kappa shape index (κ3) is 6.00. The van der Waals surface area contributed by atoms with Crippen LogP contribution in [0.5, 0.6) is 11.5 Å². The maximum absolute atomic E-state index is 12.5. The number of hydrogen-bond donors (Lipinski definition) is 1. The molecule has 0 unspecified atom stereocenters. The number of alkyl halides is 2. The molecule has 1 N–H and O–H groups in total. The molecule has 0 aliphatic rings. The van der Waals surface area contributed by atoms with Crippen molar-refractivity contribution in [3.8, 4) is 11.5 Å². The zero-order chi connectivity index (χ0) is 22.4. The number of carbonyl (C=O) groups excluding carboxylic acids is 1. The number of aromatic nitrogens is 2. The second-order valence-corrected chi connectivity index (χ2v) is 7.53. The van der Waals surface area contributed by atoms with Crippen LogP contribution in [0.15, 0.2) is 52.0 Å². The van der Waals surface area contributed by atoms with Crippen molar-refractivity contribution in [2.24, 2.45) is 0 Å². The molecule has 0 radical (unpaired) electrons. The molecule has 1 aromatic heterocycles. The highest BCUT2D eigenvalue weighted by Crippen LogP contribution is 2.29. The summed E-state index contributed by atoms with van der Waals surface area (Å²) >= 11 is 3.33. The van der Waals surface area contributed by atoms with E-state index in [2.05, 4.69) is 31.0 Å². The molecule has 0 atom stereocenters. The largest absolute Gasteiger partial charge is 0.493 e. The van der Waals surface area contributed by atoms with Gasteiger partial charge in [-0.25, -0.2) is 4.98 Å². The van der Waals surface area contributed by atoms with Gasteiger partial charge in [0.15, 0.2) is 11.5 Å². The number of fused-ring (bicyclic) bond motifs is 1. The molecule has 31 heavy (non-hydrogen) atoms. The molecular weight excluding hydrogens is 476 g/mol. The lowest BCUT2D eigenvalue weighted by Crippen LogP contribution is -2.29. The Balaban J connectivity index is 1.54. The molecule has 1 heterocycles. The zero-order valence-corrected chi connectivity index (χ0v) is 18.2.